The van der Waals surface area contributed by atoms with Gasteiger partial charge in [-0.3, -0.25) is 9.20 Å². The highest BCUT2D eigenvalue weighted by Crippen LogP contribution is 2.27. The Kier molecular flexibility index (Phi) is 7.72. The van der Waals surface area contributed by atoms with Gasteiger partial charge in [-0.15, -0.1) is 13.2 Å². The van der Waals surface area contributed by atoms with Gasteiger partial charge >= 0.3 is 6.36 Å². The first kappa shape index (κ1) is 27.2. The molecule has 1 aliphatic heterocycles. The molecule has 2 aromatic heterocycles. The Balaban J connectivity index is 1.16. The lowest BCUT2D eigenvalue weighted by molar-refractivity contribution is -0.274. The van der Waals surface area contributed by atoms with E-state index in [0.717, 1.165) is 48.8 Å². The number of anilines is 2. The third-order valence-corrected chi connectivity index (χ3v) is 6.92. The number of carbonyl (C=O) groups excluding carboxylic acids is 1. The number of pyridine rings is 1. The van der Waals surface area contributed by atoms with Crippen LogP contribution in [0.4, 0.5) is 24.5 Å². The van der Waals surface area contributed by atoms with Crippen molar-refractivity contribution < 1.29 is 27.4 Å². The van der Waals surface area contributed by atoms with Crippen molar-refractivity contribution in [2.75, 3.05) is 43.1 Å². The van der Waals surface area contributed by atoms with Crippen LogP contribution in [0.5, 0.6) is 11.5 Å². The molecule has 1 N–H and O–H groups in total. The zero-order valence-corrected chi connectivity index (χ0v) is 22.2. The monoisotopic (exact) mass is 553 g/mol. The number of halogens is 3. The standard InChI is InChI=1S/C29H30F3N5O3/c1-3-25-27(37-19-24(39-2)12-13-26(37)34-25)28(38)33-18-20-4-6-21(7-5-20)35-14-16-36(17-15-35)22-8-10-23(11-9-22)40-29(30,31)32/h4-13,19H,3,14-18H2,1-2H3,(H,33,38). The molecule has 3 heterocycles. The molecule has 0 atom stereocenters. The van der Waals surface area contributed by atoms with Gasteiger partial charge in [0.15, 0.2) is 0 Å². The Morgan fingerprint density at radius 3 is 2.02 bits per heavy atom. The average molecular weight is 554 g/mol. The zero-order valence-electron chi connectivity index (χ0n) is 22.2. The van der Waals surface area contributed by atoms with E-state index in [-0.39, 0.29) is 11.7 Å². The fourth-order valence-electron chi connectivity index (χ4n) is 4.85. The number of piperazine rings is 1. The summed E-state index contributed by atoms with van der Waals surface area (Å²) in [5, 5.41) is 3.01. The van der Waals surface area contributed by atoms with E-state index in [1.807, 2.05) is 43.3 Å². The molecule has 0 radical (unpaired) electrons. The van der Waals surface area contributed by atoms with Crippen LogP contribution in [0.15, 0.2) is 66.9 Å². The lowest BCUT2D eigenvalue weighted by Crippen LogP contribution is -2.46. The van der Waals surface area contributed by atoms with E-state index in [1.165, 1.54) is 12.1 Å². The summed E-state index contributed by atoms with van der Waals surface area (Å²) in [6.45, 7) is 5.37. The number of methoxy groups -OCH3 is 1. The summed E-state index contributed by atoms with van der Waals surface area (Å²) in [6.07, 6.45) is -2.30. The summed E-state index contributed by atoms with van der Waals surface area (Å²) in [7, 11) is 1.58. The third kappa shape index (κ3) is 6.08. The molecule has 0 saturated carbocycles. The highest BCUT2D eigenvalue weighted by molar-refractivity contribution is 5.94. The number of benzene rings is 2. The maximum absolute atomic E-state index is 13.1. The first-order valence-electron chi connectivity index (χ1n) is 13.0. The van der Waals surface area contributed by atoms with Gasteiger partial charge in [0, 0.05) is 44.1 Å². The van der Waals surface area contributed by atoms with Crippen molar-refractivity contribution in [3.05, 3.63) is 83.8 Å². The van der Waals surface area contributed by atoms with Crippen molar-refractivity contribution in [1.82, 2.24) is 14.7 Å². The van der Waals surface area contributed by atoms with Gasteiger partial charge in [-0.1, -0.05) is 19.1 Å². The number of fused-ring (bicyclic) bond motifs is 1. The van der Waals surface area contributed by atoms with Crippen LogP contribution in [-0.2, 0) is 13.0 Å². The highest BCUT2D eigenvalue weighted by atomic mass is 19.4. The van der Waals surface area contributed by atoms with E-state index in [2.05, 4.69) is 24.8 Å². The molecule has 1 saturated heterocycles. The van der Waals surface area contributed by atoms with E-state index in [4.69, 9.17) is 4.74 Å². The predicted molar refractivity (Wildman–Crippen MR) is 146 cm³/mol. The molecule has 0 bridgehead atoms. The Hall–Kier alpha value is -4.41. The van der Waals surface area contributed by atoms with E-state index in [0.29, 0.717) is 30.1 Å². The Morgan fingerprint density at radius 1 is 0.900 bits per heavy atom. The molecular weight excluding hydrogens is 523 g/mol. The molecule has 1 aliphatic rings. The molecular formula is C29H30F3N5O3. The molecule has 0 unspecified atom stereocenters. The van der Waals surface area contributed by atoms with Crippen LogP contribution in [0.25, 0.3) is 5.65 Å². The van der Waals surface area contributed by atoms with Gasteiger partial charge in [0.1, 0.15) is 22.8 Å². The number of hydrogen-bond acceptors (Lipinski definition) is 6. The minimum Gasteiger partial charge on any atom is -0.495 e. The van der Waals surface area contributed by atoms with Gasteiger partial charge in [0.2, 0.25) is 0 Å². The summed E-state index contributed by atoms with van der Waals surface area (Å²) in [5.74, 6) is 0.220. The SMILES string of the molecule is CCc1nc2ccc(OC)cn2c1C(=O)NCc1ccc(N2CCN(c3ccc(OC(F)(F)F)cc3)CC2)cc1. The number of rotatable bonds is 8. The summed E-state index contributed by atoms with van der Waals surface area (Å²) < 4.78 is 48.2. The molecule has 2 aromatic carbocycles. The molecule has 210 valence electrons. The average Bonchev–Trinajstić information content (AvgIpc) is 3.34. The van der Waals surface area contributed by atoms with Gasteiger partial charge in [-0.2, -0.15) is 0 Å². The number of nitrogens with zero attached hydrogens (tertiary/aromatic N) is 4. The highest BCUT2D eigenvalue weighted by Gasteiger charge is 2.31. The molecule has 5 rings (SSSR count). The number of ether oxygens (including phenoxy) is 2. The van der Waals surface area contributed by atoms with Crippen LogP contribution in [-0.4, -0.2) is 54.9 Å². The fourth-order valence-corrected chi connectivity index (χ4v) is 4.85. The number of imidazole rings is 1. The summed E-state index contributed by atoms with van der Waals surface area (Å²) >= 11 is 0. The summed E-state index contributed by atoms with van der Waals surface area (Å²) in [4.78, 5) is 22.1. The Morgan fingerprint density at radius 2 is 1.48 bits per heavy atom. The molecule has 1 fully saturated rings. The topological polar surface area (TPSA) is 71.3 Å². The number of carbonyl (C=O) groups is 1. The fraction of sp³-hybridized carbons (Fsp3) is 0.310. The van der Waals surface area contributed by atoms with Crippen LogP contribution >= 0.6 is 0 Å². The van der Waals surface area contributed by atoms with E-state index in [9.17, 15) is 18.0 Å². The normalized spacial score (nSPS) is 13.9. The largest absolute Gasteiger partial charge is 0.573 e. The van der Waals surface area contributed by atoms with E-state index >= 15 is 0 Å². The van der Waals surface area contributed by atoms with Gasteiger partial charge in [0.05, 0.1) is 19.0 Å². The number of nitrogens with one attached hydrogen (secondary N) is 1. The Labute approximate surface area is 229 Å². The predicted octanol–water partition coefficient (Wildman–Crippen LogP) is 5.06. The minimum atomic E-state index is -4.70. The van der Waals surface area contributed by atoms with Crippen molar-refractivity contribution >= 4 is 22.9 Å². The lowest BCUT2D eigenvalue weighted by Gasteiger charge is -2.37. The first-order valence-corrected chi connectivity index (χ1v) is 13.0. The lowest BCUT2D eigenvalue weighted by atomic mass is 10.1. The zero-order chi connectivity index (χ0) is 28.3. The quantitative estimate of drug-likeness (QED) is 0.329. The molecule has 1 amide bonds. The van der Waals surface area contributed by atoms with Crippen molar-refractivity contribution in [2.24, 2.45) is 0 Å². The van der Waals surface area contributed by atoms with Crippen molar-refractivity contribution in [1.29, 1.82) is 0 Å². The number of amides is 1. The van der Waals surface area contributed by atoms with E-state index < -0.39 is 6.36 Å². The van der Waals surface area contributed by atoms with Crippen LogP contribution in [0, 0.1) is 0 Å². The summed E-state index contributed by atoms with van der Waals surface area (Å²) in [6, 6.07) is 17.7. The molecule has 0 spiro atoms. The minimum absolute atomic E-state index is 0.198. The van der Waals surface area contributed by atoms with Gasteiger partial charge in [-0.25, -0.2) is 4.98 Å². The second-order valence-corrected chi connectivity index (χ2v) is 9.42. The summed E-state index contributed by atoms with van der Waals surface area (Å²) in [5.41, 5.74) is 4.84. The van der Waals surface area contributed by atoms with Crippen molar-refractivity contribution in [2.45, 2.75) is 26.3 Å². The van der Waals surface area contributed by atoms with E-state index in [1.54, 1.807) is 29.8 Å². The van der Waals surface area contributed by atoms with Crippen LogP contribution in [0.1, 0.15) is 28.7 Å². The molecule has 4 aromatic rings. The van der Waals surface area contributed by atoms with Gasteiger partial charge in [0.25, 0.3) is 5.91 Å². The maximum Gasteiger partial charge on any atom is 0.573 e. The third-order valence-electron chi connectivity index (χ3n) is 6.92. The van der Waals surface area contributed by atoms with Crippen LogP contribution in [0.2, 0.25) is 0 Å². The van der Waals surface area contributed by atoms with Gasteiger partial charge < -0.3 is 24.6 Å². The maximum atomic E-state index is 13.1. The number of alkyl halides is 3. The second-order valence-electron chi connectivity index (χ2n) is 9.42. The molecule has 40 heavy (non-hydrogen) atoms. The molecule has 8 nitrogen and oxygen atoms in total. The smallest absolute Gasteiger partial charge is 0.495 e. The second kappa shape index (κ2) is 11.4. The van der Waals surface area contributed by atoms with Gasteiger partial charge in [-0.05, 0) is 60.5 Å². The number of aryl methyl sites for hydroxylation is 1. The van der Waals surface area contributed by atoms with Crippen LogP contribution < -0.4 is 24.6 Å². The number of hydrogen-bond donors (Lipinski definition) is 1. The molecule has 0 aliphatic carbocycles. The Bertz CT molecular complexity index is 1460. The van der Waals surface area contributed by atoms with Crippen LogP contribution in [0.3, 0.4) is 0 Å². The van der Waals surface area contributed by atoms with Crippen molar-refractivity contribution in [3.8, 4) is 11.5 Å². The molecule has 11 heteroatoms. The van der Waals surface area contributed by atoms with Crippen molar-refractivity contribution in [3.63, 3.8) is 0 Å². The number of aromatic nitrogens is 2. The first-order chi connectivity index (χ1) is 19.2.